The first-order valence-electron chi connectivity index (χ1n) is 8.03. The molecule has 2 N–H and O–H groups in total. The van der Waals surface area contributed by atoms with Crippen molar-refractivity contribution in [2.45, 2.75) is 26.7 Å². The van der Waals surface area contributed by atoms with Crippen LogP contribution < -0.4 is 5.73 Å². The summed E-state index contributed by atoms with van der Waals surface area (Å²) in [6.45, 7) is 3.93. The van der Waals surface area contributed by atoms with Gasteiger partial charge >= 0.3 is 5.97 Å². The third-order valence-corrected chi connectivity index (χ3v) is 3.74. The van der Waals surface area contributed by atoms with Crippen LogP contribution >= 0.6 is 0 Å². The number of anilines is 1. The first-order valence-corrected chi connectivity index (χ1v) is 8.03. The number of carbonyl (C=O) groups excluding carboxylic acids is 1. The van der Waals surface area contributed by atoms with E-state index in [1.54, 1.807) is 19.1 Å². The number of rotatable bonds is 5. The summed E-state index contributed by atoms with van der Waals surface area (Å²) in [5, 5.41) is 12.5. The van der Waals surface area contributed by atoms with Crippen molar-refractivity contribution in [2.75, 3.05) is 12.3 Å². The number of halogens is 1. The fourth-order valence-electron chi connectivity index (χ4n) is 2.63. The first kappa shape index (κ1) is 16.8. The van der Waals surface area contributed by atoms with Crippen LogP contribution in [0.1, 0.15) is 36.5 Å². The van der Waals surface area contributed by atoms with Crippen LogP contribution in [-0.4, -0.2) is 32.4 Å². The fraction of sp³-hybridized carbons (Fsp3) is 0.294. The second-order valence-electron chi connectivity index (χ2n) is 5.47. The van der Waals surface area contributed by atoms with Crippen LogP contribution in [0.5, 0.6) is 0 Å². The molecule has 1 aromatic carbocycles. The van der Waals surface area contributed by atoms with Crippen molar-refractivity contribution in [3.05, 3.63) is 41.5 Å². The van der Waals surface area contributed by atoms with Crippen LogP contribution in [-0.2, 0) is 11.2 Å². The molecule has 0 saturated heterocycles. The number of hydrogen-bond acceptors (Lipinski definition) is 6. The lowest BCUT2D eigenvalue weighted by atomic mass is 10.0. The Bertz CT molecular complexity index is 921. The highest BCUT2D eigenvalue weighted by Crippen LogP contribution is 2.30. The molecule has 3 aromatic rings. The minimum atomic E-state index is -0.648. The van der Waals surface area contributed by atoms with Crippen LogP contribution in [0.3, 0.4) is 0 Å². The number of fused-ring (bicyclic) bond motifs is 1. The van der Waals surface area contributed by atoms with E-state index in [0.717, 1.165) is 23.2 Å². The number of ether oxygens (including phenoxy) is 1. The van der Waals surface area contributed by atoms with E-state index in [0.29, 0.717) is 12.1 Å². The number of nitrogens with zero attached hydrogens (tertiary/aromatic N) is 4. The Morgan fingerprint density at radius 2 is 1.96 bits per heavy atom. The zero-order chi connectivity index (χ0) is 18.0. The van der Waals surface area contributed by atoms with Crippen molar-refractivity contribution >= 4 is 17.4 Å². The molecular formula is C17H18FN5O2. The highest BCUT2D eigenvalue weighted by Gasteiger charge is 2.22. The summed E-state index contributed by atoms with van der Waals surface area (Å²) in [4.78, 5) is 11.9. The highest BCUT2D eigenvalue weighted by molar-refractivity contribution is 5.93. The zero-order valence-corrected chi connectivity index (χ0v) is 14.0. The Labute approximate surface area is 143 Å². The van der Waals surface area contributed by atoms with Gasteiger partial charge in [-0.15, -0.1) is 10.2 Å². The maximum Gasteiger partial charge on any atom is 0.362 e. The lowest BCUT2D eigenvalue weighted by molar-refractivity contribution is 0.0519. The van der Waals surface area contributed by atoms with Gasteiger partial charge in [-0.2, -0.15) is 9.61 Å². The van der Waals surface area contributed by atoms with Crippen LogP contribution in [0.4, 0.5) is 10.2 Å². The normalized spacial score (nSPS) is 11.0. The molecule has 8 heteroatoms. The summed E-state index contributed by atoms with van der Waals surface area (Å²) in [5.41, 5.74) is 8.66. The summed E-state index contributed by atoms with van der Waals surface area (Å²) >= 11 is 0. The smallest absolute Gasteiger partial charge is 0.362 e. The van der Waals surface area contributed by atoms with Crippen LogP contribution in [0.2, 0.25) is 0 Å². The van der Waals surface area contributed by atoms with E-state index in [1.165, 1.54) is 16.6 Å². The van der Waals surface area contributed by atoms with Gasteiger partial charge in [-0.25, -0.2) is 9.18 Å². The topological polar surface area (TPSA) is 95.4 Å². The number of hydrogen-bond donors (Lipinski definition) is 1. The molecule has 0 fully saturated rings. The molecular weight excluding hydrogens is 325 g/mol. The molecule has 0 aliphatic carbocycles. The summed E-state index contributed by atoms with van der Waals surface area (Å²) in [6, 6.07) is 6.06. The molecule has 0 spiro atoms. The summed E-state index contributed by atoms with van der Waals surface area (Å²) in [6.07, 6.45) is 1.54. The zero-order valence-electron chi connectivity index (χ0n) is 14.0. The SMILES string of the molecule is CCCc1nn2c(N)c(C(=O)OCC)nnc2c1-c1ccc(F)cc1. The van der Waals surface area contributed by atoms with Crippen molar-refractivity contribution in [3.8, 4) is 11.1 Å². The molecule has 3 rings (SSSR count). The maximum absolute atomic E-state index is 13.2. The van der Waals surface area contributed by atoms with E-state index in [9.17, 15) is 9.18 Å². The summed E-state index contributed by atoms with van der Waals surface area (Å²) in [5.74, 6) is -0.910. The van der Waals surface area contributed by atoms with E-state index in [-0.39, 0.29) is 23.9 Å². The van der Waals surface area contributed by atoms with E-state index in [4.69, 9.17) is 10.5 Å². The molecule has 7 nitrogen and oxygen atoms in total. The van der Waals surface area contributed by atoms with E-state index in [2.05, 4.69) is 15.3 Å². The number of nitrogen functional groups attached to an aromatic ring is 1. The average molecular weight is 343 g/mol. The predicted molar refractivity (Wildman–Crippen MR) is 90.5 cm³/mol. The monoisotopic (exact) mass is 343 g/mol. The Morgan fingerprint density at radius 1 is 1.24 bits per heavy atom. The molecule has 0 aliphatic rings. The van der Waals surface area contributed by atoms with Gasteiger partial charge in [-0.05, 0) is 31.0 Å². The Kier molecular flexibility index (Phi) is 4.60. The van der Waals surface area contributed by atoms with Crippen molar-refractivity contribution in [1.29, 1.82) is 0 Å². The van der Waals surface area contributed by atoms with Gasteiger partial charge in [-0.3, -0.25) is 0 Å². The van der Waals surface area contributed by atoms with Gasteiger partial charge in [0.1, 0.15) is 5.82 Å². The maximum atomic E-state index is 13.2. The molecule has 2 heterocycles. The van der Waals surface area contributed by atoms with Crippen LogP contribution in [0.25, 0.3) is 16.8 Å². The molecule has 2 aromatic heterocycles. The average Bonchev–Trinajstić information content (AvgIpc) is 2.96. The molecule has 0 radical (unpaired) electrons. The van der Waals surface area contributed by atoms with Gasteiger partial charge < -0.3 is 10.5 Å². The third kappa shape index (κ3) is 3.02. The summed E-state index contributed by atoms with van der Waals surface area (Å²) in [7, 11) is 0. The number of nitrogens with two attached hydrogens (primary N) is 1. The standard InChI is InChI=1S/C17H18FN5O2/c1-3-5-12-13(10-6-8-11(18)9-7-10)16-21-20-14(17(24)25-4-2)15(19)23(16)22-12/h6-9H,3-5,19H2,1-2H3. The molecule has 0 amide bonds. The molecule has 130 valence electrons. The Morgan fingerprint density at radius 3 is 2.60 bits per heavy atom. The minimum Gasteiger partial charge on any atom is -0.461 e. The number of benzene rings is 1. The van der Waals surface area contributed by atoms with Crippen LogP contribution in [0, 0.1) is 5.82 Å². The first-order chi connectivity index (χ1) is 12.1. The number of esters is 1. The Balaban J connectivity index is 2.22. The molecule has 0 saturated carbocycles. The van der Waals surface area contributed by atoms with Gasteiger partial charge in [-0.1, -0.05) is 25.5 Å². The molecule has 0 unspecified atom stereocenters. The summed E-state index contributed by atoms with van der Waals surface area (Å²) < 4.78 is 19.6. The van der Waals surface area contributed by atoms with Gasteiger partial charge in [0.2, 0.25) is 5.69 Å². The van der Waals surface area contributed by atoms with E-state index in [1.807, 2.05) is 6.92 Å². The second kappa shape index (κ2) is 6.84. The van der Waals surface area contributed by atoms with Gasteiger partial charge in [0.15, 0.2) is 11.5 Å². The Hall–Kier alpha value is -3.03. The lowest BCUT2D eigenvalue weighted by Gasteiger charge is -2.05. The predicted octanol–water partition coefficient (Wildman–Crippen LogP) is 2.64. The lowest BCUT2D eigenvalue weighted by Crippen LogP contribution is -2.15. The number of aromatic nitrogens is 4. The van der Waals surface area contributed by atoms with Gasteiger partial charge in [0.05, 0.1) is 17.9 Å². The molecule has 0 atom stereocenters. The van der Waals surface area contributed by atoms with Crippen molar-refractivity contribution in [3.63, 3.8) is 0 Å². The highest BCUT2D eigenvalue weighted by atomic mass is 19.1. The van der Waals surface area contributed by atoms with Gasteiger partial charge in [0, 0.05) is 0 Å². The quantitative estimate of drug-likeness (QED) is 0.716. The van der Waals surface area contributed by atoms with E-state index >= 15 is 0 Å². The van der Waals surface area contributed by atoms with Crippen molar-refractivity contribution < 1.29 is 13.9 Å². The van der Waals surface area contributed by atoms with Crippen molar-refractivity contribution in [1.82, 2.24) is 19.8 Å². The van der Waals surface area contributed by atoms with Crippen LogP contribution in [0.15, 0.2) is 24.3 Å². The van der Waals surface area contributed by atoms with E-state index < -0.39 is 5.97 Å². The number of aryl methyl sites for hydroxylation is 1. The van der Waals surface area contributed by atoms with Crippen molar-refractivity contribution in [2.24, 2.45) is 0 Å². The minimum absolute atomic E-state index is 0.0640. The molecule has 25 heavy (non-hydrogen) atoms. The largest absolute Gasteiger partial charge is 0.461 e. The second-order valence-corrected chi connectivity index (χ2v) is 5.47. The molecule has 0 aliphatic heterocycles. The fourth-order valence-corrected chi connectivity index (χ4v) is 2.63. The third-order valence-electron chi connectivity index (χ3n) is 3.74. The van der Waals surface area contributed by atoms with Gasteiger partial charge in [0.25, 0.3) is 0 Å². The molecule has 0 bridgehead atoms. The number of carbonyl (C=O) groups is 1.